The van der Waals surface area contributed by atoms with Gasteiger partial charge >= 0.3 is 0 Å². The maximum atomic E-state index is 13.0. The SMILES string of the molecule is CCNCCCCCc1ccc(F)c(Br)c1. The van der Waals surface area contributed by atoms with Crippen LogP contribution in [0.4, 0.5) is 4.39 Å². The van der Waals surface area contributed by atoms with Gasteiger partial charge in [-0.3, -0.25) is 0 Å². The third kappa shape index (κ3) is 5.08. The molecule has 0 atom stereocenters. The van der Waals surface area contributed by atoms with Crippen molar-refractivity contribution in [2.45, 2.75) is 32.6 Å². The van der Waals surface area contributed by atoms with Gasteiger partial charge in [0.05, 0.1) is 4.47 Å². The van der Waals surface area contributed by atoms with Gasteiger partial charge in [0.1, 0.15) is 5.82 Å². The number of aryl methyl sites for hydroxylation is 1. The van der Waals surface area contributed by atoms with Crippen LogP contribution in [0.15, 0.2) is 22.7 Å². The van der Waals surface area contributed by atoms with Gasteiger partial charge in [0.15, 0.2) is 0 Å². The highest BCUT2D eigenvalue weighted by atomic mass is 79.9. The number of unbranched alkanes of at least 4 members (excludes halogenated alkanes) is 2. The number of nitrogens with one attached hydrogen (secondary N) is 1. The van der Waals surface area contributed by atoms with Crippen LogP contribution in [0, 0.1) is 5.82 Å². The second-order valence-electron chi connectivity index (χ2n) is 3.91. The Hall–Kier alpha value is -0.410. The van der Waals surface area contributed by atoms with Crippen molar-refractivity contribution in [3.05, 3.63) is 34.1 Å². The van der Waals surface area contributed by atoms with Crippen molar-refractivity contribution < 1.29 is 4.39 Å². The van der Waals surface area contributed by atoms with Crippen molar-refractivity contribution in [2.24, 2.45) is 0 Å². The average Bonchev–Trinajstić information content (AvgIpc) is 2.28. The van der Waals surface area contributed by atoms with E-state index in [1.807, 2.05) is 12.1 Å². The first kappa shape index (κ1) is 13.7. The number of benzene rings is 1. The predicted octanol–water partition coefficient (Wildman–Crippen LogP) is 3.91. The minimum atomic E-state index is -0.184. The Balaban J connectivity index is 2.19. The van der Waals surface area contributed by atoms with Gasteiger partial charge in [0.25, 0.3) is 0 Å². The zero-order valence-corrected chi connectivity index (χ0v) is 11.3. The maximum Gasteiger partial charge on any atom is 0.137 e. The number of rotatable bonds is 7. The Kier molecular flexibility index (Phi) is 6.65. The fourth-order valence-corrected chi connectivity index (χ4v) is 2.05. The van der Waals surface area contributed by atoms with E-state index in [0.717, 1.165) is 19.5 Å². The molecule has 1 N–H and O–H groups in total. The maximum absolute atomic E-state index is 13.0. The Bertz CT molecular complexity index is 315. The molecule has 3 heteroatoms. The summed E-state index contributed by atoms with van der Waals surface area (Å²) in [7, 11) is 0. The average molecular weight is 288 g/mol. The molecule has 0 spiro atoms. The lowest BCUT2D eigenvalue weighted by Gasteiger charge is -2.04. The van der Waals surface area contributed by atoms with Gasteiger partial charge in [-0.2, -0.15) is 0 Å². The van der Waals surface area contributed by atoms with Gasteiger partial charge in [-0.15, -0.1) is 0 Å². The monoisotopic (exact) mass is 287 g/mol. The van der Waals surface area contributed by atoms with Crippen LogP contribution < -0.4 is 5.32 Å². The summed E-state index contributed by atoms with van der Waals surface area (Å²) < 4.78 is 13.5. The third-order valence-electron chi connectivity index (χ3n) is 2.55. The van der Waals surface area contributed by atoms with E-state index in [0.29, 0.717) is 4.47 Å². The summed E-state index contributed by atoms with van der Waals surface area (Å²) in [5.41, 5.74) is 1.21. The largest absolute Gasteiger partial charge is 0.317 e. The second kappa shape index (κ2) is 7.80. The molecule has 0 aliphatic carbocycles. The zero-order chi connectivity index (χ0) is 11.8. The minimum Gasteiger partial charge on any atom is -0.317 e. The van der Waals surface area contributed by atoms with E-state index in [9.17, 15) is 4.39 Å². The highest BCUT2D eigenvalue weighted by molar-refractivity contribution is 9.10. The van der Waals surface area contributed by atoms with Crippen LogP contribution in [-0.4, -0.2) is 13.1 Å². The summed E-state index contributed by atoms with van der Waals surface area (Å²) in [5, 5.41) is 3.31. The van der Waals surface area contributed by atoms with E-state index >= 15 is 0 Å². The highest BCUT2D eigenvalue weighted by Crippen LogP contribution is 2.18. The van der Waals surface area contributed by atoms with Crippen molar-refractivity contribution in [1.82, 2.24) is 5.32 Å². The lowest BCUT2D eigenvalue weighted by molar-refractivity contribution is 0.611. The summed E-state index contributed by atoms with van der Waals surface area (Å²) >= 11 is 3.20. The minimum absolute atomic E-state index is 0.184. The van der Waals surface area contributed by atoms with E-state index < -0.39 is 0 Å². The van der Waals surface area contributed by atoms with Crippen LogP contribution in [0.2, 0.25) is 0 Å². The summed E-state index contributed by atoms with van der Waals surface area (Å²) in [6.07, 6.45) is 4.65. The molecule has 1 aromatic carbocycles. The molecule has 1 aromatic rings. The van der Waals surface area contributed by atoms with Crippen molar-refractivity contribution in [3.8, 4) is 0 Å². The van der Waals surface area contributed by atoms with Gasteiger partial charge in [0.2, 0.25) is 0 Å². The Morgan fingerprint density at radius 1 is 1.25 bits per heavy atom. The number of hydrogen-bond donors (Lipinski definition) is 1. The lowest BCUT2D eigenvalue weighted by atomic mass is 10.1. The fourth-order valence-electron chi connectivity index (χ4n) is 1.63. The summed E-state index contributed by atoms with van der Waals surface area (Å²) in [6, 6.07) is 5.27. The summed E-state index contributed by atoms with van der Waals surface area (Å²) in [6.45, 7) is 4.27. The molecule has 0 heterocycles. The van der Waals surface area contributed by atoms with Crippen LogP contribution in [0.3, 0.4) is 0 Å². The van der Waals surface area contributed by atoms with E-state index in [-0.39, 0.29) is 5.82 Å². The van der Waals surface area contributed by atoms with E-state index in [2.05, 4.69) is 28.2 Å². The van der Waals surface area contributed by atoms with Crippen LogP contribution in [0.1, 0.15) is 31.7 Å². The van der Waals surface area contributed by atoms with Crippen LogP contribution in [0.5, 0.6) is 0 Å². The van der Waals surface area contributed by atoms with Crippen LogP contribution >= 0.6 is 15.9 Å². The van der Waals surface area contributed by atoms with Crippen molar-refractivity contribution in [2.75, 3.05) is 13.1 Å². The molecule has 0 radical (unpaired) electrons. The Morgan fingerprint density at radius 2 is 2.06 bits per heavy atom. The molecule has 0 saturated carbocycles. The van der Waals surface area contributed by atoms with Gasteiger partial charge in [-0.05, 0) is 66.0 Å². The Morgan fingerprint density at radius 3 is 2.75 bits per heavy atom. The molecule has 16 heavy (non-hydrogen) atoms. The topological polar surface area (TPSA) is 12.0 Å². The molecule has 0 saturated heterocycles. The van der Waals surface area contributed by atoms with Crippen molar-refractivity contribution in [1.29, 1.82) is 0 Å². The number of hydrogen-bond acceptors (Lipinski definition) is 1. The molecule has 0 bridgehead atoms. The van der Waals surface area contributed by atoms with Gasteiger partial charge in [-0.1, -0.05) is 19.4 Å². The molecule has 0 unspecified atom stereocenters. The molecule has 0 aliphatic heterocycles. The molecule has 1 nitrogen and oxygen atoms in total. The first-order chi connectivity index (χ1) is 7.74. The highest BCUT2D eigenvalue weighted by Gasteiger charge is 2.00. The molecular weight excluding hydrogens is 269 g/mol. The van der Waals surface area contributed by atoms with E-state index in [1.165, 1.54) is 30.9 Å². The van der Waals surface area contributed by atoms with Crippen LogP contribution in [-0.2, 0) is 6.42 Å². The first-order valence-corrected chi connectivity index (χ1v) is 6.68. The van der Waals surface area contributed by atoms with E-state index in [4.69, 9.17) is 0 Å². The first-order valence-electron chi connectivity index (χ1n) is 5.88. The molecule has 1 rings (SSSR count). The second-order valence-corrected chi connectivity index (χ2v) is 4.77. The molecule has 0 aliphatic rings. The Labute approximate surface area is 106 Å². The lowest BCUT2D eigenvalue weighted by Crippen LogP contribution is -2.13. The molecule has 0 aromatic heterocycles. The quantitative estimate of drug-likeness (QED) is 0.750. The van der Waals surface area contributed by atoms with Crippen molar-refractivity contribution in [3.63, 3.8) is 0 Å². The predicted molar refractivity (Wildman–Crippen MR) is 70.2 cm³/mol. The van der Waals surface area contributed by atoms with E-state index in [1.54, 1.807) is 0 Å². The third-order valence-corrected chi connectivity index (χ3v) is 3.16. The summed E-state index contributed by atoms with van der Waals surface area (Å²) in [4.78, 5) is 0. The molecule has 90 valence electrons. The van der Waals surface area contributed by atoms with Gasteiger partial charge in [0, 0.05) is 0 Å². The van der Waals surface area contributed by atoms with Crippen molar-refractivity contribution >= 4 is 15.9 Å². The summed E-state index contributed by atoms with van der Waals surface area (Å²) in [5.74, 6) is -0.184. The van der Waals surface area contributed by atoms with Gasteiger partial charge < -0.3 is 5.32 Å². The zero-order valence-electron chi connectivity index (χ0n) is 9.73. The molecule has 0 amide bonds. The van der Waals surface area contributed by atoms with Crippen LogP contribution in [0.25, 0.3) is 0 Å². The number of halogens is 2. The fraction of sp³-hybridized carbons (Fsp3) is 0.538. The standard InChI is InChI=1S/C13H19BrFN/c1-2-16-9-5-3-4-6-11-7-8-13(15)12(14)10-11/h7-8,10,16H,2-6,9H2,1H3. The molecule has 0 fully saturated rings. The van der Waals surface area contributed by atoms with Gasteiger partial charge in [-0.25, -0.2) is 4.39 Å². The normalized spacial score (nSPS) is 10.7. The smallest absolute Gasteiger partial charge is 0.137 e. The molecular formula is C13H19BrFN.